The van der Waals surface area contributed by atoms with Gasteiger partial charge in [-0.15, -0.1) is 0 Å². The van der Waals surface area contributed by atoms with Gasteiger partial charge in [0.1, 0.15) is 5.82 Å². The van der Waals surface area contributed by atoms with Crippen molar-refractivity contribution in [2.45, 2.75) is 38.6 Å². The Hall–Kier alpha value is -2.21. The number of nitrogens with one attached hydrogen (secondary N) is 1. The molecule has 1 saturated heterocycles. The van der Waals surface area contributed by atoms with Gasteiger partial charge in [0.2, 0.25) is 0 Å². The van der Waals surface area contributed by atoms with E-state index in [0.29, 0.717) is 25.6 Å². The van der Waals surface area contributed by atoms with E-state index in [9.17, 15) is 4.79 Å². The maximum atomic E-state index is 12.9. The molecule has 1 aromatic carbocycles. The monoisotopic (exact) mass is 340 g/mol. The summed E-state index contributed by atoms with van der Waals surface area (Å²) in [4.78, 5) is 19.4. The number of nitrogens with zero attached hydrogens (tertiary/aromatic N) is 3. The predicted molar refractivity (Wildman–Crippen MR) is 94.2 cm³/mol. The first-order valence-electron chi connectivity index (χ1n) is 9.15. The Morgan fingerprint density at radius 1 is 1.32 bits per heavy atom. The fraction of sp³-hybridized carbons (Fsp3) is 0.526. The van der Waals surface area contributed by atoms with Crippen LogP contribution in [0.1, 0.15) is 42.4 Å². The number of H-pyrrole nitrogens is 1. The maximum absolute atomic E-state index is 12.9. The van der Waals surface area contributed by atoms with E-state index in [-0.39, 0.29) is 11.9 Å². The van der Waals surface area contributed by atoms with E-state index in [1.807, 2.05) is 36.1 Å². The molecule has 1 aliphatic heterocycles. The van der Waals surface area contributed by atoms with E-state index in [1.54, 1.807) is 0 Å². The third kappa shape index (κ3) is 3.58. The Bertz CT molecular complexity index is 736. The van der Waals surface area contributed by atoms with Crippen LogP contribution in [0.2, 0.25) is 0 Å². The SMILES string of the molecule is CCc1nc(-c2ccc(C(=O)N3CCOCC3CC3CC3)cc2)n[nH]1. The summed E-state index contributed by atoms with van der Waals surface area (Å²) in [5, 5.41) is 7.15. The van der Waals surface area contributed by atoms with Crippen molar-refractivity contribution in [3.8, 4) is 11.4 Å². The van der Waals surface area contributed by atoms with E-state index >= 15 is 0 Å². The van der Waals surface area contributed by atoms with E-state index in [0.717, 1.165) is 35.7 Å². The molecule has 0 bridgehead atoms. The van der Waals surface area contributed by atoms with Crippen LogP contribution in [0.3, 0.4) is 0 Å². The molecule has 1 aliphatic carbocycles. The van der Waals surface area contributed by atoms with Crippen LogP contribution in [0.25, 0.3) is 11.4 Å². The molecular weight excluding hydrogens is 316 g/mol. The van der Waals surface area contributed by atoms with Gasteiger partial charge in [0.15, 0.2) is 5.82 Å². The minimum Gasteiger partial charge on any atom is -0.377 e. The molecule has 0 spiro atoms. The van der Waals surface area contributed by atoms with Crippen LogP contribution in [-0.2, 0) is 11.2 Å². The summed E-state index contributed by atoms with van der Waals surface area (Å²) < 4.78 is 5.60. The van der Waals surface area contributed by atoms with Crippen LogP contribution in [0, 0.1) is 5.92 Å². The van der Waals surface area contributed by atoms with Crippen molar-refractivity contribution in [2.75, 3.05) is 19.8 Å². The molecule has 1 N–H and O–H groups in total. The number of carbonyl (C=O) groups is 1. The average molecular weight is 340 g/mol. The van der Waals surface area contributed by atoms with E-state index < -0.39 is 0 Å². The maximum Gasteiger partial charge on any atom is 0.254 e. The van der Waals surface area contributed by atoms with Crippen molar-refractivity contribution in [3.05, 3.63) is 35.7 Å². The Kier molecular flexibility index (Phi) is 4.53. The van der Waals surface area contributed by atoms with Gasteiger partial charge in [-0.3, -0.25) is 9.89 Å². The highest BCUT2D eigenvalue weighted by atomic mass is 16.5. The van der Waals surface area contributed by atoms with Gasteiger partial charge in [-0.1, -0.05) is 31.9 Å². The minimum absolute atomic E-state index is 0.102. The molecule has 2 aromatic rings. The van der Waals surface area contributed by atoms with Gasteiger partial charge in [-0.25, -0.2) is 4.98 Å². The third-order valence-corrected chi connectivity index (χ3v) is 5.05. The zero-order valence-corrected chi connectivity index (χ0v) is 14.6. The van der Waals surface area contributed by atoms with Crippen LogP contribution in [0.4, 0.5) is 0 Å². The van der Waals surface area contributed by atoms with E-state index in [2.05, 4.69) is 15.2 Å². The summed E-state index contributed by atoms with van der Waals surface area (Å²) in [6.45, 7) is 4.00. The summed E-state index contributed by atoms with van der Waals surface area (Å²) in [6, 6.07) is 7.82. The molecule has 0 radical (unpaired) electrons. The van der Waals surface area contributed by atoms with E-state index in [1.165, 1.54) is 12.8 Å². The second-order valence-electron chi connectivity index (χ2n) is 6.94. The number of rotatable bonds is 5. The predicted octanol–water partition coefficient (Wildman–Crippen LogP) is 2.68. The van der Waals surface area contributed by atoms with Gasteiger partial charge in [0.05, 0.1) is 19.3 Å². The van der Waals surface area contributed by atoms with Crippen molar-refractivity contribution in [3.63, 3.8) is 0 Å². The molecule has 2 heterocycles. The van der Waals surface area contributed by atoms with Gasteiger partial charge in [-0.05, 0) is 24.5 Å². The summed E-state index contributed by atoms with van der Waals surface area (Å²) in [5.41, 5.74) is 1.64. The number of ether oxygens (including phenoxy) is 1. The summed E-state index contributed by atoms with van der Waals surface area (Å²) >= 11 is 0. The number of aryl methyl sites for hydroxylation is 1. The third-order valence-electron chi connectivity index (χ3n) is 5.05. The number of hydrogen-bond acceptors (Lipinski definition) is 4. The van der Waals surface area contributed by atoms with E-state index in [4.69, 9.17) is 4.74 Å². The van der Waals surface area contributed by atoms with Crippen molar-refractivity contribution in [1.82, 2.24) is 20.1 Å². The molecule has 2 aliphatic rings. The highest BCUT2D eigenvalue weighted by molar-refractivity contribution is 5.95. The lowest BCUT2D eigenvalue weighted by Gasteiger charge is -2.36. The Morgan fingerprint density at radius 2 is 2.12 bits per heavy atom. The minimum atomic E-state index is 0.102. The van der Waals surface area contributed by atoms with Gasteiger partial charge in [0.25, 0.3) is 5.91 Å². The van der Waals surface area contributed by atoms with Crippen molar-refractivity contribution in [2.24, 2.45) is 5.92 Å². The molecule has 4 rings (SSSR count). The lowest BCUT2D eigenvalue weighted by Crippen LogP contribution is -2.48. The Balaban J connectivity index is 1.49. The average Bonchev–Trinajstić information content (AvgIpc) is 3.34. The van der Waals surface area contributed by atoms with Crippen molar-refractivity contribution >= 4 is 5.91 Å². The fourth-order valence-electron chi connectivity index (χ4n) is 3.37. The van der Waals surface area contributed by atoms with Crippen LogP contribution in [0.5, 0.6) is 0 Å². The summed E-state index contributed by atoms with van der Waals surface area (Å²) in [5.74, 6) is 2.42. The first kappa shape index (κ1) is 16.3. The molecule has 1 atom stereocenters. The molecule has 132 valence electrons. The standard InChI is InChI=1S/C19H24N4O2/c1-2-17-20-18(22-21-17)14-5-7-15(8-6-14)19(24)23-9-10-25-12-16(23)11-13-3-4-13/h5-8,13,16H,2-4,9-12H2,1H3,(H,20,21,22). The molecule has 1 saturated carbocycles. The molecule has 1 aromatic heterocycles. The number of aromatic amines is 1. The smallest absolute Gasteiger partial charge is 0.254 e. The number of amides is 1. The number of aromatic nitrogens is 3. The summed E-state index contributed by atoms with van der Waals surface area (Å²) in [6.07, 6.45) is 4.48. The van der Waals surface area contributed by atoms with Crippen LogP contribution >= 0.6 is 0 Å². The van der Waals surface area contributed by atoms with Gasteiger partial charge >= 0.3 is 0 Å². The molecule has 6 nitrogen and oxygen atoms in total. The second-order valence-corrected chi connectivity index (χ2v) is 6.94. The van der Waals surface area contributed by atoms with Gasteiger partial charge in [0, 0.05) is 24.1 Å². The number of carbonyl (C=O) groups excluding carboxylic acids is 1. The van der Waals surface area contributed by atoms with Crippen LogP contribution in [-0.4, -0.2) is 51.8 Å². The second kappa shape index (κ2) is 6.96. The lowest BCUT2D eigenvalue weighted by atomic mass is 10.1. The zero-order chi connectivity index (χ0) is 17.2. The zero-order valence-electron chi connectivity index (χ0n) is 14.6. The molecule has 1 amide bonds. The highest BCUT2D eigenvalue weighted by Gasteiger charge is 2.33. The quantitative estimate of drug-likeness (QED) is 0.908. The van der Waals surface area contributed by atoms with Crippen LogP contribution in [0.15, 0.2) is 24.3 Å². The van der Waals surface area contributed by atoms with Gasteiger partial charge < -0.3 is 9.64 Å². The molecule has 1 unspecified atom stereocenters. The fourth-order valence-corrected chi connectivity index (χ4v) is 3.37. The molecular formula is C19H24N4O2. The Morgan fingerprint density at radius 3 is 2.80 bits per heavy atom. The molecule has 25 heavy (non-hydrogen) atoms. The van der Waals surface area contributed by atoms with Crippen molar-refractivity contribution in [1.29, 1.82) is 0 Å². The number of hydrogen-bond donors (Lipinski definition) is 1. The molecule has 2 fully saturated rings. The number of benzene rings is 1. The first-order chi connectivity index (χ1) is 12.2. The number of morpholine rings is 1. The lowest BCUT2D eigenvalue weighted by molar-refractivity contribution is -0.00569. The van der Waals surface area contributed by atoms with Crippen LogP contribution < -0.4 is 0 Å². The van der Waals surface area contributed by atoms with Crippen molar-refractivity contribution < 1.29 is 9.53 Å². The topological polar surface area (TPSA) is 71.1 Å². The largest absolute Gasteiger partial charge is 0.377 e. The van der Waals surface area contributed by atoms with Gasteiger partial charge in [-0.2, -0.15) is 5.10 Å². The normalized spacial score (nSPS) is 20.7. The summed E-state index contributed by atoms with van der Waals surface area (Å²) in [7, 11) is 0. The first-order valence-corrected chi connectivity index (χ1v) is 9.15. The Labute approximate surface area is 147 Å². The highest BCUT2D eigenvalue weighted by Crippen LogP contribution is 2.35. The molecule has 6 heteroatoms.